The fourth-order valence-electron chi connectivity index (χ4n) is 5.15. The molecule has 38 heavy (non-hydrogen) atoms. The third-order valence-electron chi connectivity index (χ3n) is 7.57. The number of aromatic nitrogens is 1. The van der Waals surface area contributed by atoms with Crippen LogP contribution in [0.1, 0.15) is 90.0 Å². The number of aromatic hydroxyl groups is 1. The Morgan fingerprint density at radius 1 is 0.921 bits per heavy atom. The number of carbonyl (C=O) groups is 2. The lowest BCUT2D eigenvalue weighted by atomic mass is 9.83. The molecule has 1 heterocycles. The standard InChI is InChI=1S/C31H35N3O4/c1-18(33-30(36)19(2)34-31(37)28-29(35)26(38-3)14-15-32-28)27(24-8-4-6-22(16-24)20-10-11-20)25-9-5-7-23(17-25)21-12-13-21/h4-9,14-21,27,35H,10-13H2,1-3H3,(H,33,36)(H,34,37)/t18-,19-/m0/s1. The molecule has 3 aromatic rings. The van der Waals surface area contributed by atoms with Crippen LogP contribution in [0.25, 0.3) is 0 Å². The van der Waals surface area contributed by atoms with Gasteiger partial charge >= 0.3 is 0 Å². The lowest BCUT2D eigenvalue weighted by Crippen LogP contribution is -2.49. The molecule has 5 rings (SSSR count). The van der Waals surface area contributed by atoms with Gasteiger partial charge in [-0.1, -0.05) is 48.5 Å². The van der Waals surface area contributed by atoms with Gasteiger partial charge in [-0.05, 0) is 73.6 Å². The third kappa shape index (κ3) is 5.67. The van der Waals surface area contributed by atoms with Gasteiger partial charge < -0.3 is 20.5 Å². The zero-order chi connectivity index (χ0) is 26.8. The van der Waals surface area contributed by atoms with Crippen molar-refractivity contribution in [2.24, 2.45) is 0 Å². The van der Waals surface area contributed by atoms with Gasteiger partial charge in [-0.2, -0.15) is 0 Å². The van der Waals surface area contributed by atoms with E-state index in [2.05, 4.69) is 64.1 Å². The van der Waals surface area contributed by atoms with Gasteiger partial charge in [-0.25, -0.2) is 4.98 Å². The van der Waals surface area contributed by atoms with Crippen molar-refractivity contribution in [2.45, 2.75) is 69.4 Å². The second-order valence-corrected chi connectivity index (χ2v) is 10.6. The number of hydrogen-bond donors (Lipinski definition) is 3. The van der Waals surface area contributed by atoms with Crippen molar-refractivity contribution in [3.8, 4) is 11.5 Å². The molecular weight excluding hydrogens is 478 g/mol. The Morgan fingerprint density at radius 3 is 2.03 bits per heavy atom. The van der Waals surface area contributed by atoms with Gasteiger partial charge in [0, 0.05) is 24.2 Å². The smallest absolute Gasteiger partial charge is 0.274 e. The van der Waals surface area contributed by atoms with Crippen LogP contribution >= 0.6 is 0 Å². The minimum atomic E-state index is -0.839. The van der Waals surface area contributed by atoms with Crippen molar-refractivity contribution in [3.05, 3.63) is 88.7 Å². The summed E-state index contributed by atoms with van der Waals surface area (Å²) in [4.78, 5) is 29.9. The monoisotopic (exact) mass is 513 g/mol. The highest BCUT2D eigenvalue weighted by Crippen LogP contribution is 2.43. The molecule has 2 atom stereocenters. The van der Waals surface area contributed by atoms with E-state index in [1.165, 1.54) is 67.3 Å². The predicted molar refractivity (Wildman–Crippen MR) is 146 cm³/mol. The van der Waals surface area contributed by atoms with Crippen LogP contribution in [0.2, 0.25) is 0 Å². The minimum Gasteiger partial charge on any atom is -0.503 e. The summed E-state index contributed by atoms with van der Waals surface area (Å²) in [7, 11) is 1.39. The van der Waals surface area contributed by atoms with Gasteiger partial charge in [0.25, 0.3) is 5.91 Å². The molecule has 2 fully saturated rings. The molecule has 2 aromatic carbocycles. The Hall–Kier alpha value is -3.87. The number of ether oxygens (including phenoxy) is 1. The Labute approximate surface area is 223 Å². The summed E-state index contributed by atoms with van der Waals surface area (Å²) < 4.78 is 5.06. The topological polar surface area (TPSA) is 101 Å². The maximum atomic E-state index is 13.2. The lowest BCUT2D eigenvalue weighted by molar-refractivity contribution is -0.123. The average Bonchev–Trinajstić information content (AvgIpc) is 3.83. The number of amides is 2. The van der Waals surface area contributed by atoms with E-state index in [0.29, 0.717) is 11.8 Å². The fraction of sp³-hybridized carbons (Fsp3) is 0.387. The van der Waals surface area contributed by atoms with E-state index >= 15 is 0 Å². The number of rotatable bonds is 10. The van der Waals surface area contributed by atoms with Crippen LogP contribution in [-0.2, 0) is 4.79 Å². The molecule has 0 spiro atoms. The van der Waals surface area contributed by atoms with E-state index in [1.807, 2.05) is 6.92 Å². The summed E-state index contributed by atoms with van der Waals surface area (Å²) in [6.45, 7) is 3.63. The molecule has 2 aliphatic rings. The van der Waals surface area contributed by atoms with Gasteiger partial charge in [-0.3, -0.25) is 9.59 Å². The molecule has 7 nitrogen and oxygen atoms in total. The molecule has 2 aliphatic carbocycles. The van der Waals surface area contributed by atoms with Crippen LogP contribution in [0.4, 0.5) is 0 Å². The second kappa shape index (κ2) is 10.9. The number of benzene rings is 2. The van der Waals surface area contributed by atoms with E-state index < -0.39 is 11.9 Å². The molecule has 7 heteroatoms. The highest BCUT2D eigenvalue weighted by Gasteiger charge is 2.30. The predicted octanol–water partition coefficient (Wildman–Crippen LogP) is 5.01. The average molecular weight is 514 g/mol. The van der Waals surface area contributed by atoms with Crippen LogP contribution in [-0.4, -0.2) is 41.1 Å². The number of nitrogens with zero attached hydrogens (tertiary/aromatic N) is 1. The van der Waals surface area contributed by atoms with E-state index in [9.17, 15) is 14.7 Å². The van der Waals surface area contributed by atoms with Crippen LogP contribution in [0.5, 0.6) is 11.5 Å². The van der Waals surface area contributed by atoms with Crippen molar-refractivity contribution in [3.63, 3.8) is 0 Å². The summed E-state index contributed by atoms with van der Waals surface area (Å²) in [5, 5.41) is 16.0. The maximum absolute atomic E-state index is 13.2. The molecule has 2 amide bonds. The van der Waals surface area contributed by atoms with Gasteiger partial charge in [0.15, 0.2) is 17.2 Å². The summed E-state index contributed by atoms with van der Waals surface area (Å²) >= 11 is 0. The number of hydrogen-bond acceptors (Lipinski definition) is 5. The zero-order valence-corrected chi connectivity index (χ0v) is 22.1. The third-order valence-corrected chi connectivity index (χ3v) is 7.57. The van der Waals surface area contributed by atoms with Crippen LogP contribution in [0.3, 0.4) is 0 Å². The summed E-state index contributed by atoms with van der Waals surface area (Å²) in [5.41, 5.74) is 4.88. The van der Waals surface area contributed by atoms with E-state index in [-0.39, 0.29) is 35.1 Å². The molecule has 2 saturated carbocycles. The van der Waals surface area contributed by atoms with E-state index in [1.54, 1.807) is 6.92 Å². The van der Waals surface area contributed by atoms with Crippen molar-refractivity contribution in [1.82, 2.24) is 15.6 Å². The molecule has 0 bridgehead atoms. The molecule has 0 aliphatic heterocycles. The van der Waals surface area contributed by atoms with E-state index in [4.69, 9.17) is 4.74 Å². The highest BCUT2D eigenvalue weighted by molar-refractivity contribution is 5.98. The van der Waals surface area contributed by atoms with Gasteiger partial charge in [0.2, 0.25) is 5.91 Å². The van der Waals surface area contributed by atoms with Crippen molar-refractivity contribution >= 4 is 11.8 Å². The Bertz CT molecular complexity index is 1280. The summed E-state index contributed by atoms with van der Waals surface area (Å²) in [5.74, 6) is 0.0475. The van der Waals surface area contributed by atoms with Crippen LogP contribution < -0.4 is 15.4 Å². The first-order valence-electron chi connectivity index (χ1n) is 13.4. The quantitative estimate of drug-likeness (QED) is 0.354. The number of carbonyl (C=O) groups excluding carboxylic acids is 2. The van der Waals surface area contributed by atoms with Gasteiger partial charge in [-0.15, -0.1) is 0 Å². The van der Waals surface area contributed by atoms with Crippen molar-refractivity contribution in [1.29, 1.82) is 0 Å². The van der Waals surface area contributed by atoms with E-state index in [0.717, 1.165) is 0 Å². The molecular formula is C31H35N3O4. The van der Waals surface area contributed by atoms with Crippen LogP contribution in [0, 0.1) is 0 Å². The zero-order valence-electron chi connectivity index (χ0n) is 22.1. The summed E-state index contributed by atoms with van der Waals surface area (Å²) in [6.07, 6.45) is 6.29. The molecule has 0 saturated heterocycles. The van der Waals surface area contributed by atoms with Crippen molar-refractivity contribution < 1.29 is 19.4 Å². The normalized spacial score (nSPS) is 16.5. The Kier molecular flexibility index (Phi) is 7.36. The first kappa shape index (κ1) is 25.8. The molecule has 198 valence electrons. The number of nitrogens with one attached hydrogen (secondary N) is 2. The van der Waals surface area contributed by atoms with Gasteiger partial charge in [0.1, 0.15) is 6.04 Å². The fourth-order valence-corrected chi connectivity index (χ4v) is 5.15. The first-order valence-corrected chi connectivity index (χ1v) is 13.4. The molecule has 1 aromatic heterocycles. The number of methoxy groups -OCH3 is 1. The molecule has 3 N–H and O–H groups in total. The van der Waals surface area contributed by atoms with Crippen molar-refractivity contribution in [2.75, 3.05) is 7.11 Å². The highest BCUT2D eigenvalue weighted by atomic mass is 16.5. The maximum Gasteiger partial charge on any atom is 0.274 e. The van der Waals surface area contributed by atoms with Crippen LogP contribution in [0.15, 0.2) is 60.8 Å². The SMILES string of the molecule is COc1ccnc(C(=O)N[C@@H](C)C(=O)N[C@@H](C)C(c2cccc(C3CC3)c2)c2cccc(C3CC3)c2)c1O. The summed E-state index contributed by atoms with van der Waals surface area (Å²) in [6, 6.07) is 17.9. The molecule has 0 radical (unpaired) electrons. The second-order valence-electron chi connectivity index (χ2n) is 10.6. The Morgan fingerprint density at radius 2 is 1.50 bits per heavy atom. The Balaban J connectivity index is 1.35. The minimum absolute atomic E-state index is 0.0386. The lowest BCUT2D eigenvalue weighted by Gasteiger charge is -2.28. The molecule has 0 unspecified atom stereocenters. The number of pyridine rings is 1. The van der Waals surface area contributed by atoms with Gasteiger partial charge in [0.05, 0.1) is 7.11 Å². The first-order chi connectivity index (χ1) is 18.4. The largest absolute Gasteiger partial charge is 0.503 e.